The third-order valence-electron chi connectivity index (χ3n) is 5.42. The van der Waals surface area contributed by atoms with Gasteiger partial charge in [0.2, 0.25) is 17.6 Å². The van der Waals surface area contributed by atoms with Crippen molar-refractivity contribution < 1.29 is 4.42 Å². The summed E-state index contributed by atoms with van der Waals surface area (Å²) in [5.41, 5.74) is 2.52. The lowest BCUT2D eigenvalue weighted by molar-refractivity contribution is 0.466. The first kappa shape index (κ1) is 18.3. The van der Waals surface area contributed by atoms with E-state index in [4.69, 9.17) is 4.42 Å². The van der Waals surface area contributed by atoms with E-state index in [-0.39, 0.29) is 5.56 Å². The van der Waals surface area contributed by atoms with Crippen molar-refractivity contribution in [3.05, 3.63) is 76.2 Å². The summed E-state index contributed by atoms with van der Waals surface area (Å²) in [6, 6.07) is 15.3. The molecule has 6 rings (SSSR count). The predicted molar refractivity (Wildman–Crippen MR) is 117 cm³/mol. The first-order valence-electron chi connectivity index (χ1n) is 10.1. The average molecular weight is 430 g/mol. The van der Waals surface area contributed by atoms with E-state index in [9.17, 15) is 4.79 Å². The highest BCUT2D eigenvalue weighted by Gasteiger charge is 2.29. The molecule has 0 spiro atoms. The number of fused-ring (bicyclic) bond motifs is 3. The number of hydrogen-bond donors (Lipinski definition) is 0. The Balaban J connectivity index is 1.48. The molecule has 0 amide bonds. The molecule has 8 nitrogen and oxygen atoms in total. The molecule has 154 valence electrons. The highest BCUT2D eigenvalue weighted by atomic mass is 32.2. The number of rotatable bonds is 5. The molecular formula is C22H18N6O2S. The Bertz CT molecular complexity index is 1480. The van der Waals surface area contributed by atoms with Crippen LogP contribution < -0.4 is 5.56 Å². The summed E-state index contributed by atoms with van der Waals surface area (Å²) in [6.45, 7) is 2.01. The molecule has 1 saturated carbocycles. The Morgan fingerprint density at radius 3 is 2.65 bits per heavy atom. The zero-order valence-corrected chi connectivity index (χ0v) is 17.5. The number of aromatic nitrogens is 6. The molecule has 0 aliphatic heterocycles. The van der Waals surface area contributed by atoms with Crippen LogP contribution in [0.15, 0.2) is 62.9 Å². The van der Waals surface area contributed by atoms with Crippen LogP contribution in [-0.4, -0.2) is 29.4 Å². The first-order chi connectivity index (χ1) is 15.2. The second-order valence-corrected chi connectivity index (χ2v) is 8.65. The van der Waals surface area contributed by atoms with E-state index in [0.717, 1.165) is 35.5 Å². The zero-order chi connectivity index (χ0) is 20.9. The standard InChI is InChI=1S/C22H18N6O2S/c1-13-6-10-15(11-7-13)27-20(29)16-4-2-3-5-17(16)28-21(27)25-26-22(28)31-12-18-23-24-19(30-18)14-8-9-14/h2-7,10-11,14H,8-9,12H2,1H3. The van der Waals surface area contributed by atoms with Crippen LogP contribution in [0.4, 0.5) is 0 Å². The van der Waals surface area contributed by atoms with Gasteiger partial charge in [0.25, 0.3) is 5.56 Å². The average Bonchev–Trinajstić information content (AvgIpc) is 3.38. The lowest BCUT2D eigenvalue weighted by Gasteiger charge is -2.11. The maximum Gasteiger partial charge on any atom is 0.267 e. The van der Waals surface area contributed by atoms with Crippen LogP contribution >= 0.6 is 11.8 Å². The van der Waals surface area contributed by atoms with Gasteiger partial charge in [0, 0.05) is 5.92 Å². The maximum atomic E-state index is 13.3. The molecule has 0 unspecified atom stereocenters. The van der Waals surface area contributed by atoms with E-state index < -0.39 is 0 Å². The molecule has 3 aromatic heterocycles. The minimum atomic E-state index is -0.123. The number of nitrogens with zero attached hydrogens (tertiary/aromatic N) is 6. The summed E-state index contributed by atoms with van der Waals surface area (Å²) >= 11 is 1.46. The van der Waals surface area contributed by atoms with Crippen LogP contribution in [0.5, 0.6) is 0 Å². The normalized spacial score (nSPS) is 14.0. The van der Waals surface area contributed by atoms with Crippen LogP contribution in [-0.2, 0) is 5.75 Å². The molecular weight excluding hydrogens is 412 g/mol. The summed E-state index contributed by atoms with van der Waals surface area (Å²) in [7, 11) is 0. The van der Waals surface area contributed by atoms with Crippen LogP contribution in [0.1, 0.15) is 36.1 Å². The fourth-order valence-corrected chi connectivity index (χ4v) is 4.42. The minimum absolute atomic E-state index is 0.123. The number of thioether (sulfide) groups is 1. The summed E-state index contributed by atoms with van der Waals surface area (Å²) in [5.74, 6) is 2.67. The zero-order valence-electron chi connectivity index (χ0n) is 16.7. The Morgan fingerprint density at radius 2 is 1.84 bits per heavy atom. The SMILES string of the molecule is Cc1ccc(-n2c(=O)c3ccccc3n3c(SCc4nnc(C5CC5)o4)nnc23)cc1. The largest absolute Gasteiger partial charge is 0.424 e. The van der Waals surface area contributed by atoms with Crippen LogP contribution in [0, 0.1) is 6.92 Å². The molecule has 0 saturated heterocycles. The van der Waals surface area contributed by atoms with Gasteiger partial charge in [0.15, 0.2) is 5.16 Å². The first-order valence-corrected chi connectivity index (χ1v) is 11.1. The summed E-state index contributed by atoms with van der Waals surface area (Å²) < 4.78 is 9.30. The van der Waals surface area contributed by atoms with Gasteiger partial charge in [-0.15, -0.1) is 20.4 Å². The molecule has 0 N–H and O–H groups in total. The van der Waals surface area contributed by atoms with Crippen molar-refractivity contribution in [2.75, 3.05) is 0 Å². The minimum Gasteiger partial charge on any atom is -0.424 e. The van der Waals surface area contributed by atoms with Crippen LogP contribution in [0.2, 0.25) is 0 Å². The van der Waals surface area contributed by atoms with E-state index >= 15 is 0 Å². The molecule has 31 heavy (non-hydrogen) atoms. The fourth-order valence-electron chi connectivity index (χ4n) is 3.65. The highest BCUT2D eigenvalue weighted by molar-refractivity contribution is 7.98. The third-order valence-corrected chi connectivity index (χ3v) is 6.33. The van der Waals surface area contributed by atoms with Crippen LogP contribution in [0.25, 0.3) is 22.4 Å². The van der Waals surface area contributed by atoms with Gasteiger partial charge in [0.05, 0.1) is 22.3 Å². The number of hydrogen-bond acceptors (Lipinski definition) is 7. The smallest absolute Gasteiger partial charge is 0.267 e. The van der Waals surface area contributed by atoms with Gasteiger partial charge in [-0.3, -0.25) is 9.20 Å². The third kappa shape index (κ3) is 3.12. The van der Waals surface area contributed by atoms with Gasteiger partial charge in [-0.25, -0.2) is 4.57 Å². The molecule has 2 aromatic carbocycles. The molecule has 0 radical (unpaired) electrons. The van der Waals surface area contributed by atoms with Crippen molar-refractivity contribution in [3.63, 3.8) is 0 Å². The van der Waals surface area contributed by atoms with E-state index in [0.29, 0.717) is 33.9 Å². The van der Waals surface area contributed by atoms with E-state index in [1.807, 2.05) is 59.9 Å². The summed E-state index contributed by atoms with van der Waals surface area (Å²) in [6.07, 6.45) is 2.23. The topological polar surface area (TPSA) is 91.1 Å². The van der Waals surface area contributed by atoms with Crippen molar-refractivity contribution in [2.24, 2.45) is 0 Å². The molecule has 0 bridgehead atoms. The van der Waals surface area contributed by atoms with Gasteiger partial charge in [0.1, 0.15) is 0 Å². The Hall–Kier alpha value is -3.46. The quantitative estimate of drug-likeness (QED) is 0.391. The van der Waals surface area contributed by atoms with Gasteiger partial charge in [-0.2, -0.15) is 0 Å². The number of aryl methyl sites for hydroxylation is 1. The van der Waals surface area contributed by atoms with Crippen LogP contribution in [0.3, 0.4) is 0 Å². The molecule has 1 fully saturated rings. The highest BCUT2D eigenvalue weighted by Crippen LogP contribution is 2.39. The lowest BCUT2D eigenvalue weighted by Crippen LogP contribution is -2.21. The Kier molecular flexibility index (Phi) is 4.17. The van der Waals surface area contributed by atoms with Gasteiger partial charge in [-0.05, 0) is 44.0 Å². The Morgan fingerprint density at radius 1 is 1.03 bits per heavy atom. The molecule has 1 aliphatic carbocycles. The molecule has 9 heteroatoms. The second-order valence-electron chi connectivity index (χ2n) is 7.71. The Labute approximate surface area is 180 Å². The maximum absolute atomic E-state index is 13.3. The van der Waals surface area contributed by atoms with Gasteiger partial charge < -0.3 is 4.42 Å². The summed E-state index contributed by atoms with van der Waals surface area (Å²) in [5, 5.41) is 18.3. The van der Waals surface area contributed by atoms with Crippen molar-refractivity contribution in [3.8, 4) is 5.69 Å². The van der Waals surface area contributed by atoms with Crippen molar-refractivity contribution in [1.29, 1.82) is 0 Å². The molecule has 0 atom stereocenters. The summed E-state index contributed by atoms with van der Waals surface area (Å²) in [4.78, 5) is 13.3. The molecule has 1 aliphatic rings. The number of benzene rings is 2. The number of para-hydroxylation sites is 1. The molecule has 3 heterocycles. The van der Waals surface area contributed by atoms with Crippen molar-refractivity contribution in [2.45, 2.75) is 36.6 Å². The predicted octanol–water partition coefficient (Wildman–Crippen LogP) is 3.89. The van der Waals surface area contributed by atoms with Crippen molar-refractivity contribution >= 4 is 28.4 Å². The fraction of sp³-hybridized carbons (Fsp3) is 0.227. The molecule has 5 aromatic rings. The second kappa shape index (κ2) is 7.05. The van der Waals surface area contributed by atoms with E-state index in [2.05, 4.69) is 20.4 Å². The van der Waals surface area contributed by atoms with Gasteiger partial charge in [-0.1, -0.05) is 41.6 Å². The lowest BCUT2D eigenvalue weighted by atomic mass is 10.2. The van der Waals surface area contributed by atoms with E-state index in [1.165, 1.54) is 11.8 Å². The van der Waals surface area contributed by atoms with E-state index in [1.54, 1.807) is 4.57 Å². The van der Waals surface area contributed by atoms with Crippen molar-refractivity contribution in [1.82, 2.24) is 29.4 Å². The monoisotopic (exact) mass is 430 g/mol. The van der Waals surface area contributed by atoms with Gasteiger partial charge >= 0.3 is 0 Å².